The maximum Gasteiger partial charge on any atom is 0.119 e. The van der Waals surface area contributed by atoms with Crippen LogP contribution in [0.4, 0.5) is 0 Å². The van der Waals surface area contributed by atoms with E-state index in [4.69, 9.17) is 5.11 Å². The number of rotatable bonds is 1. The Hall–Kier alpha value is -0.410. The van der Waals surface area contributed by atoms with Crippen LogP contribution in [0.5, 0.6) is 0 Å². The Balaban J connectivity index is 2.48. The molecule has 0 fully saturated rings. The first kappa shape index (κ1) is 11.1. The molecule has 0 aromatic carbocycles. The molecular formula is C12H19NOS. The summed E-state index contributed by atoms with van der Waals surface area (Å²) in [6.45, 7) is 9.25. The van der Waals surface area contributed by atoms with Gasteiger partial charge in [-0.15, -0.1) is 11.3 Å². The second-order valence-electron chi connectivity index (χ2n) is 5.94. The fourth-order valence-corrected chi connectivity index (χ4v) is 3.95. The Bertz CT molecular complexity index is 379. The third-order valence-corrected chi connectivity index (χ3v) is 4.51. The molecule has 15 heavy (non-hydrogen) atoms. The molecule has 2 rings (SSSR count). The van der Waals surface area contributed by atoms with Gasteiger partial charge in [0.25, 0.3) is 0 Å². The van der Waals surface area contributed by atoms with Crippen molar-refractivity contribution in [3.8, 4) is 0 Å². The highest BCUT2D eigenvalue weighted by Gasteiger charge is 2.39. The van der Waals surface area contributed by atoms with Crippen LogP contribution in [-0.4, -0.2) is 10.1 Å². The summed E-state index contributed by atoms with van der Waals surface area (Å²) in [5, 5.41) is 10.0. The first-order chi connectivity index (χ1) is 6.84. The molecule has 0 saturated heterocycles. The molecule has 3 heteroatoms. The minimum Gasteiger partial charge on any atom is -0.389 e. The van der Waals surface area contributed by atoms with Gasteiger partial charge in [0, 0.05) is 10.3 Å². The van der Waals surface area contributed by atoms with E-state index in [2.05, 4.69) is 32.7 Å². The van der Waals surface area contributed by atoms with E-state index >= 15 is 0 Å². The van der Waals surface area contributed by atoms with Gasteiger partial charge in [0.05, 0.1) is 12.3 Å². The molecule has 0 radical (unpaired) electrons. The van der Waals surface area contributed by atoms with Crippen LogP contribution < -0.4 is 0 Å². The molecule has 1 N–H and O–H groups in total. The third-order valence-electron chi connectivity index (χ3n) is 3.06. The van der Waals surface area contributed by atoms with Gasteiger partial charge in [0.1, 0.15) is 5.01 Å². The molecule has 1 aromatic rings. The number of fused-ring (bicyclic) bond motifs is 1. The fourth-order valence-electron chi connectivity index (χ4n) is 2.91. The normalized spacial score (nSPS) is 22.5. The summed E-state index contributed by atoms with van der Waals surface area (Å²) >= 11 is 1.68. The standard InChI is InChI=1S/C12H19NOS/c1-11(2)5-8-10(12(3,4)7-11)15-9(6-14)13-8/h14H,5-7H2,1-4H3. The van der Waals surface area contributed by atoms with Crippen molar-refractivity contribution in [3.05, 3.63) is 15.6 Å². The Morgan fingerprint density at radius 2 is 2.00 bits per heavy atom. The van der Waals surface area contributed by atoms with Crippen molar-refractivity contribution in [1.29, 1.82) is 0 Å². The maximum absolute atomic E-state index is 9.14. The third kappa shape index (κ3) is 1.95. The summed E-state index contributed by atoms with van der Waals surface area (Å²) in [6.07, 6.45) is 2.24. The molecule has 2 nitrogen and oxygen atoms in total. The Morgan fingerprint density at radius 3 is 2.60 bits per heavy atom. The minimum atomic E-state index is 0.0776. The highest BCUT2D eigenvalue weighted by atomic mass is 32.1. The summed E-state index contributed by atoms with van der Waals surface area (Å²) < 4.78 is 0. The van der Waals surface area contributed by atoms with E-state index in [1.54, 1.807) is 11.3 Å². The van der Waals surface area contributed by atoms with Crippen LogP contribution in [0.15, 0.2) is 0 Å². The summed E-state index contributed by atoms with van der Waals surface area (Å²) in [6, 6.07) is 0. The van der Waals surface area contributed by atoms with Crippen LogP contribution in [0.2, 0.25) is 0 Å². The van der Waals surface area contributed by atoms with Crippen LogP contribution in [0, 0.1) is 5.41 Å². The summed E-state index contributed by atoms with van der Waals surface area (Å²) in [4.78, 5) is 5.91. The fraction of sp³-hybridized carbons (Fsp3) is 0.750. The average molecular weight is 225 g/mol. The van der Waals surface area contributed by atoms with Gasteiger partial charge in [-0.2, -0.15) is 0 Å². The van der Waals surface area contributed by atoms with E-state index in [-0.39, 0.29) is 12.0 Å². The van der Waals surface area contributed by atoms with Gasteiger partial charge >= 0.3 is 0 Å². The zero-order chi connectivity index (χ0) is 11.3. The van der Waals surface area contributed by atoms with Gasteiger partial charge in [-0.05, 0) is 18.3 Å². The largest absolute Gasteiger partial charge is 0.389 e. The van der Waals surface area contributed by atoms with E-state index in [0.717, 1.165) is 11.4 Å². The predicted molar refractivity (Wildman–Crippen MR) is 63.2 cm³/mol. The monoisotopic (exact) mass is 225 g/mol. The molecule has 0 bridgehead atoms. The van der Waals surface area contributed by atoms with Crippen molar-refractivity contribution in [3.63, 3.8) is 0 Å². The summed E-state index contributed by atoms with van der Waals surface area (Å²) in [7, 11) is 0. The smallest absolute Gasteiger partial charge is 0.119 e. The van der Waals surface area contributed by atoms with Gasteiger partial charge in [-0.3, -0.25) is 0 Å². The van der Waals surface area contributed by atoms with E-state index in [9.17, 15) is 0 Å². The second kappa shape index (κ2) is 3.29. The molecule has 84 valence electrons. The highest BCUT2D eigenvalue weighted by molar-refractivity contribution is 7.11. The number of aliphatic hydroxyl groups is 1. The lowest BCUT2D eigenvalue weighted by Gasteiger charge is -2.39. The molecule has 0 saturated carbocycles. The molecular weight excluding hydrogens is 206 g/mol. The van der Waals surface area contributed by atoms with Crippen LogP contribution in [0.25, 0.3) is 0 Å². The lowest BCUT2D eigenvalue weighted by Crippen LogP contribution is -2.33. The summed E-state index contributed by atoms with van der Waals surface area (Å²) in [5.41, 5.74) is 1.75. The SMILES string of the molecule is CC1(C)Cc2nc(CO)sc2C(C)(C)C1. The molecule has 0 aliphatic heterocycles. The number of nitrogens with zero attached hydrogens (tertiary/aromatic N) is 1. The van der Waals surface area contributed by atoms with Crippen LogP contribution >= 0.6 is 11.3 Å². The van der Waals surface area contributed by atoms with Gasteiger partial charge < -0.3 is 5.11 Å². The molecule has 0 amide bonds. The molecule has 1 aromatic heterocycles. The first-order valence-corrected chi connectivity index (χ1v) is 6.26. The lowest BCUT2D eigenvalue weighted by molar-refractivity contribution is 0.232. The predicted octanol–water partition coefficient (Wildman–Crippen LogP) is 2.89. The molecule has 1 aliphatic rings. The van der Waals surface area contributed by atoms with Gasteiger partial charge in [0.2, 0.25) is 0 Å². The molecule has 0 spiro atoms. The average Bonchev–Trinajstić information content (AvgIpc) is 2.44. The Kier molecular flexibility index (Phi) is 2.43. The number of aliphatic hydroxyl groups excluding tert-OH is 1. The van der Waals surface area contributed by atoms with Crippen molar-refractivity contribution in [2.45, 2.75) is 52.6 Å². The number of hydrogen-bond acceptors (Lipinski definition) is 3. The zero-order valence-corrected chi connectivity index (χ0v) is 10.7. The van der Waals surface area contributed by atoms with Crippen molar-refractivity contribution >= 4 is 11.3 Å². The van der Waals surface area contributed by atoms with E-state index < -0.39 is 0 Å². The molecule has 1 aliphatic carbocycles. The van der Waals surface area contributed by atoms with Crippen LogP contribution in [0.1, 0.15) is 49.7 Å². The maximum atomic E-state index is 9.14. The zero-order valence-electron chi connectivity index (χ0n) is 9.92. The van der Waals surface area contributed by atoms with Gasteiger partial charge in [-0.25, -0.2) is 4.98 Å². The van der Waals surface area contributed by atoms with Crippen molar-refractivity contribution in [1.82, 2.24) is 4.98 Å². The van der Waals surface area contributed by atoms with E-state index in [0.29, 0.717) is 5.41 Å². The van der Waals surface area contributed by atoms with E-state index in [1.165, 1.54) is 17.0 Å². The van der Waals surface area contributed by atoms with Gasteiger partial charge in [0.15, 0.2) is 0 Å². The van der Waals surface area contributed by atoms with Crippen LogP contribution in [-0.2, 0) is 18.4 Å². The molecule has 0 unspecified atom stereocenters. The topological polar surface area (TPSA) is 33.1 Å². The first-order valence-electron chi connectivity index (χ1n) is 5.44. The number of thiazole rings is 1. The van der Waals surface area contributed by atoms with E-state index in [1.807, 2.05) is 0 Å². The Morgan fingerprint density at radius 1 is 1.33 bits per heavy atom. The van der Waals surface area contributed by atoms with Crippen molar-refractivity contribution in [2.75, 3.05) is 0 Å². The van der Waals surface area contributed by atoms with Crippen molar-refractivity contribution < 1.29 is 5.11 Å². The van der Waals surface area contributed by atoms with Gasteiger partial charge in [-0.1, -0.05) is 27.7 Å². The number of hydrogen-bond donors (Lipinski definition) is 1. The van der Waals surface area contributed by atoms with Crippen molar-refractivity contribution in [2.24, 2.45) is 5.41 Å². The highest BCUT2D eigenvalue weighted by Crippen LogP contribution is 2.47. The molecule has 1 heterocycles. The lowest BCUT2D eigenvalue weighted by atomic mass is 9.67. The second-order valence-corrected chi connectivity index (χ2v) is 7.03. The molecule has 0 atom stereocenters. The summed E-state index contributed by atoms with van der Waals surface area (Å²) in [5.74, 6) is 0. The Labute approximate surface area is 95.4 Å². The van der Waals surface area contributed by atoms with Crippen LogP contribution in [0.3, 0.4) is 0 Å². The minimum absolute atomic E-state index is 0.0776. The quantitative estimate of drug-likeness (QED) is 0.797. The number of aromatic nitrogens is 1.